The standard InChI is InChI=1S/C21H33N5O/c1-17-4-3-15-26(17,20-9-10-22-16-20)19-7-5-18(6-8-19)23-21(27)25-13-11-24(2)12-14-25/h5-8,17,20,22H,3-4,9-16H2,1-2H3/p+1. The van der Waals surface area contributed by atoms with Gasteiger partial charge in [0.1, 0.15) is 11.7 Å². The Morgan fingerprint density at radius 3 is 2.48 bits per heavy atom. The number of benzene rings is 1. The number of hydrogen-bond donors (Lipinski definition) is 2. The number of rotatable bonds is 3. The molecule has 6 heteroatoms. The third kappa shape index (κ3) is 3.58. The van der Waals surface area contributed by atoms with Crippen LogP contribution in [0, 0.1) is 0 Å². The van der Waals surface area contributed by atoms with Gasteiger partial charge in [-0.15, -0.1) is 0 Å². The summed E-state index contributed by atoms with van der Waals surface area (Å²) in [5, 5.41) is 6.65. The molecule has 3 atom stereocenters. The molecule has 4 rings (SSSR count). The van der Waals surface area contributed by atoms with Crippen LogP contribution < -0.4 is 15.1 Å². The number of likely N-dealkylation sites (tertiary alicyclic amines) is 1. The number of quaternary nitrogens is 1. The summed E-state index contributed by atoms with van der Waals surface area (Å²) < 4.78 is 1.11. The minimum atomic E-state index is 0.0225. The average molecular weight is 373 g/mol. The lowest BCUT2D eigenvalue weighted by Gasteiger charge is -2.43. The number of nitrogens with zero attached hydrogens (tertiary/aromatic N) is 3. The van der Waals surface area contributed by atoms with Gasteiger partial charge in [0.25, 0.3) is 0 Å². The van der Waals surface area contributed by atoms with Gasteiger partial charge in [-0.05, 0) is 26.1 Å². The molecular formula is C21H34N5O+. The zero-order chi connectivity index (χ0) is 18.9. The summed E-state index contributed by atoms with van der Waals surface area (Å²) in [6, 6.07) is 10.1. The number of urea groups is 1. The van der Waals surface area contributed by atoms with Gasteiger partial charge in [-0.2, -0.15) is 0 Å². The first-order valence-electron chi connectivity index (χ1n) is 10.5. The van der Waals surface area contributed by atoms with Crippen LogP contribution in [0.2, 0.25) is 0 Å². The van der Waals surface area contributed by atoms with E-state index in [1.165, 1.54) is 31.5 Å². The molecule has 27 heavy (non-hydrogen) atoms. The van der Waals surface area contributed by atoms with Crippen LogP contribution in [0.15, 0.2) is 24.3 Å². The highest BCUT2D eigenvalue weighted by atomic mass is 16.2. The molecule has 3 heterocycles. The molecule has 2 N–H and O–H groups in total. The van der Waals surface area contributed by atoms with Gasteiger partial charge >= 0.3 is 6.03 Å². The van der Waals surface area contributed by atoms with E-state index in [-0.39, 0.29) is 6.03 Å². The number of likely N-dealkylation sites (N-methyl/N-ethyl adjacent to an activating group) is 1. The summed E-state index contributed by atoms with van der Waals surface area (Å²) in [4.78, 5) is 16.7. The summed E-state index contributed by atoms with van der Waals surface area (Å²) in [5.74, 6) is 0. The number of hydrogen-bond acceptors (Lipinski definition) is 3. The fourth-order valence-electron chi connectivity index (χ4n) is 5.30. The summed E-state index contributed by atoms with van der Waals surface area (Å²) in [6.07, 6.45) is 3.87. The Morgan fingerprint density at radius 2 is 1.89 bits per heavy atom. The Balaban J connectivity index is 1.47. The zero-order valence-corrected chi connectivity index (χ0v) is 16.8. The highest BCUT2D eigenvalue weighted by Gasteiger charge is 2.47. The molecule has 1 aromatic carbocycles. The van der Waals surface area contributed by atoms with Gasteiger partial charge in [-0.1, -0.05) is 0 Å². The maximum atomic E-state index is 12.5. The van der Waals surface area contributed by atoms with Crippen molar-refractivity contribution in [1.29, 1.82) is 0 Å². The molecule has 0 bridgehead atoms. The number of piperazine rings is 1. The Labute approximate surface area is 163 Å². The van der Waals surface area contributed by atoms with Crippen LogP contribution in [0.25, 0.3) is 0 Å². The van der Waals surface area contributed by atoms with Crippen molar-refractivity contribution in [3.05, 3.63) is 24.3 Å². The van der Waals surface area contributed by atoms with E-state index in [4.69, 9.17) is 0 Å². The van der Waals surface area contributed by atoms with Crippen LogP contribution in [-0.4, -0.2) is 80.8 Å². The second kappa shape index (κ2) is 7.78. The number of carbonyl (C=O) groups excluding carboxylic acids is 1. The molecule has 2 amide bonds. The third-order valence-corrected chi connectivity index (χ3v) is 7.01. The van der Waals surface area contributed by atoms with Gasteiger partial charge < -0.3 is 20.4 Å². The van der Waals surface area contributed by atoms with Crippen molar-refractivity contribution < 1.29 is 4.79 Å². The smallest absolute Gasteiger partial charge is 0.321 e. The molecule has 3 aliphatic heterocycles. The van der Waals surface area contributed by atoms with Crippen LogP contribution >= 0.6 is 0 Å². The molecule has 148 valence electrons. The molecular weight excluding hydrogens is 338 g/mol. The van der Waals surface area contributed by atoms with E-state index in [1.54, 1.807) is 0 Å². The summed E-state index contributed by atoms with van der Waals surface area (Å²) >= 11 is 0. The lowest BCUT2D eigenvalue weighted by Crippen LogP contribution is -2.59. The van der Waals surface area contributed by atoms with Gasteiger partial charge in [-0.25, -0.2) is 4.79 Å². The molecule has 0 spiro atoms. The molecule has 3 unspecified atom stereocenters. The SMILES string of the molecule is CC1CCC[N+]1(c1ccc(NC(=O)N2CCN(C)CC2)cc1)C1CCNC1. The lowest BCUT2D eigenvalue weighted by atomic mass is 10.1. The van der Waals surface area contributed by atoms with E-state index in [0.717, 1.165) is 49.4 Å². The second-order valence-electron chi connectivity index (χ2n) is 8.56. The molecule has 0 saturated carbocycles. The first-order valence-corrected chi connectivity index (χ1v) is 10.5. The molecule has 0 aliphatic carbocycles. The highest BCUT2D eigenvalue weighted by molar-refractivity contribution is 5.89. The van der Waals surface area contributed by atoms with E-state index in [9.17, 15) is 4.79 Å². The van der Waals surface area contributed by atoms with Crippen LogP contribution in [-0.2, 0) is 0 Å². The maximum Gasteiger partial charge on any atom is 0.321 e. The van der Waals surface area contributed by atoms with E-state index < -0.39 is 0 Å². The van der Waals surface area contributed by atoms with Gasteiger partial charge in [0.15, 0.2) is 0 Å². The maximum absolute atomic E-state index is 12.5. The van der Waals surface area contributed by atoms with Crippen LogP contribution in [0.4, 0.5) is 16.2 Å². The zero-order valence-electron chi connectivity index (χ0n) is 16.8. The van der Waals surface area contributed by atoms with E-state index in [1.807, 2.05) is 4.90 Å². The Bertz CT molecular complexity index is 649. The molecule has 3 fully saturated rings. The average Bonchev–Trinajstić information content (AvgIpc) is 3.33. The molecule has 6 nitrogen and oxygen atoms in total. The van der Waals surface area contributed by atoms with E-state index in [2.05, 4.69) is 53.8 Å². The predicted octanol–water partition coefficient (Wildman–Crippen LogP) is 2.32. The van der Waals surface area contributed by atoms with Crippen molar-refractivity contribution in [1.82, 2.24) is 19.6 Å². The largest absolute Gasteiger partial charge is 0.322 e. The lowest BCUT2D eigenvalue weighted by molar-refractivity contribution is 0.164. The van der Waals surface area contributed by atoms with E-state index >= 15 is 0 Å². The van der Waals surface area contributed by atoms with Crippen molar-refractivity contribution in [3.8, 4) is 0 Å². The Kier molecular flexibility index (Phi) is 5.39. The molecule has 1 aromatic rings. The predicted molar refractivity (Wildman–Crippen MR) is 111 cm³/mol. The van der Waals surface area contributed by atoms with Crippen LogP contribution in [0.3, 0.4) is 0 Å². The summed E-state index contributed by atoms with van der Waals surface area (Å²) in [6.45, 7) is 9.39. The quantitative estimate of drug-likeness (QED) is 0.801. The van der Waals surface area contributed by atoms with Crippen molar-refractivity contribution in [2.45, 2.75) is 38.3 Å². The number of anilines is 1. The molecule has 3 aliphatic rings. The molecule has 0 radical (unpaired) electrons. The number of amides is 2. The van der Waals surface area contributed by atoms with Gasteiger partial charge in [0, 0.05) is 76.4 Å². The van der Waals surface area contributed by atoms with E-state index in [0.29, 0.717) is 12.1 Å². The summed E-state index contributed by atoms with van der Waals surface area (Å²) in [5.41, 5.74) is 2.31. The minimum absolute atomic E-state index is 0.0225. The number of carbonyl (C=O) groups is 1. The topological polar surface area (TPSA) is 47.6 Å². The fourth-order valence-corrected chi connectivity index (χ4v) is 5.30. The van der Waals surface area contributed by atoms with Crippen molar-refractivity contribution >= 4 is 17.4 Å². The fraction of sp³-hybridized carbons (Fsp3) is 0.667. The van der Waals surface area contributed by atoms with Crippen molar-refractivity contribution in [2.24, 2.45) is 0 Å². The monoisotopic (exact) mass is 372 g/mol. The number of nitrogens with one attached hydrogen (secondary N) is 2. The third-order valence-electron chi connectivity index (χ3n) is 7.01. The van der Waals surface area contributed by atoms with Gasteiger partial charge in [0.05, 0.1) is 12.6 Å². The summed E-state index contributed by atoms with van der Waals surface area (Å²) in [7, 11) is 2.10. The van der Waals surface area contributed by atoms with Crippen LogP contribution in [0.5, 0.6) is 0 Å². The first kappa shape index (κ1) is 18.7. The molecule has 3 saturated heterocycles. The van der Waals surface area contributed by atoms with Gasteiger partial charge in [-0.3, -0.25) is 4.48 Å². The molecule has 0 aromatic heterocycles. The van der Waals surface area contributed by atoms with Gasteiger partial charge in [0.2, 0.25) is 0 Å². The Hall–Kier alpha value is -1.63. The first-order chi connectivity index (χ1) is 13.1. The minimum Gasteiger partial charge on any atom is -0.322 e. The van der Waals surface area contributed by atoms with Crippen molar-refractivity contribution in [2.75, 3.05) is 58.2 Å². The van der Waals surface area contributed by atoms with Crippen LogP contribution in [0.1, 0.15) is 26.2 Å². The normalized spacial score (nSPS) is 32.0. The van der Waals surface area contributed by atoms with Crippen molar-refractivity contribution in [3.63, 3.8) is 0 Å². The second-order valence-corrected chi connectivity index (χ2v) is 8.56. The highest BCUT2D eigenvalue weighted by Crippen LogP contribution is 2.39. The Morgan fingerprint density at radius 1 is 1.15 bits per heavy atom.